The monoisotopic (exact) mass is 240 g/mol. The SMILES string of the molecule is CC(OC1CCNCC1)C(=O)N1CCCCC1. The van der Waals surface area contributed by atoms with Gasteiger partial charge >= 0.3 is 0 Å². The molecule has 0 bridgehead atoms. The molecule has 17 heavy (non-hydrogen) atoms. The van der Waals surface area contributed by atoms with E-state index in [2.05, 4.69) is 5.32 Å². The molecule has 2 aliphatic rings. The van der Waals surface area contributed by atoms with Crippen LogP contribution in [-0.4, -0.2) is 49.2 Å². The molecule has 0 aliphatic carbocycles. The van der Waals surface area contributed by atoms with Crippen molar-refractivity contribution in [3.63, 3.8) is 0 Å². The summed E-state index contributed by atoms with van der Waals surface area (Å²) in [5, 5.41) is 3.31. The first-order chi connectivity index (χ1) is 8.27. The molecule has 0 aromatic carbocycles. The summed E-state index contributed by atoms with van der Waals surface area (Å²) in [4.78, 5) is 14.1. The molecule has 0 aromatic heterocycles. The molecular weight excluding hydrogens is 216 g/mol. The van der Waals surface area contributed by atoms with Crippen LogP contribution in [0.5, 0.6) is 0 Å². The zero-order chi connectivity index (χ0) is 12.1. The average molecular weight is 240 g/mol. The van der Waals surface area contributed by atoms with Crippen molar-refractivity contribution in [2.24, 2.45) is 0 Å². The number of carbonyl (C=O) groups is 1. The number of ether oxygens (including phenoxy) is 1. The highest BCUT2D eigenvalue weighted by atomic mass is 16.5. The number of rotatable bonds is 3. The number of nitrogens with one attached hydrogen (secondary N) is 1. The Kier molecular flexibility index (Phi) is 4.80. The van der Waals surface area contributed by atoms with E-state index in [1.807, 2.05) is 11.8 Å². The van der Waals surface area contributed by atoms with Crippen LogP contribution in [0.2, 0.25) is 0 Å². The standard InChI is InChI=1S/C13H24N2O2/c1-11(17-12-5-7-14-8-6-12)13(16)15-9-3-2-4-10-15/h11-12,14H,2-10H2,1H3. The highest BCUT2D eigenvalue weighted by Crippen LogP contribution is 2.14. The quantitative estimate of drug-likeness (QED) is 0.805. The lowest BCUT2D eigenvalue weighted by Gasteiger charge is -2.31. The maximum atomic E-state index is 12.2. The summed E-state index contributed by atoms with van der Waals surface area (Å²) in [6.07, 6.45) is 5.59. The van der Waals surface area contributed by atoms with Crippen LogP contribution in [0.15, 0.2) is 0 Å². The van der Waals surface area contributed by atoms with E-state index in [9.17, 15) is 4.79 Å². The molecule has 2 rings (SSSR count). The van der Waals surface area contributed by atoms with Gasteiger partial charge < -0.3 is 15.0 Å². The fourth-order valence-corrected chi connectivity index (χ4v) is 2.65. The third-order valence-electron chi connectivity index (χ3n) is 3.70. The van der Waals surface area contributed by atoms with E-state index in [1.165, 1.54) is 6.42 Å². The molecule has 1 amide bonds. The summed E-state index contributed by atoms with van der Waals surface area (Å²) in [6, 6.07) is 0. The second-order valence-corrected chi connectivity index (χ2v) is 5.11. The lowest BCUT2D eigenvalue weighted by molar-refractivity contribution is -0.148. The predicted molar refractivity (Wildman–Crippen MR) is 66.9 cm³/mol. The Balaban J connectivity index is 1.77. The van der Waals surface area contributed by atoms with E-state index in [0.29, 0.717) is 0 Å². The van der Waals surface area contributed by atoms with Crippen LogP contribution in [-0.2, 0) is 9.53 Å². The molecule has 1 N–H and O–H groups in total. The molecule has 0 spiro atoms. The Labute approximate surface area is 104 Å². The molecule has 0 aromatic rings. The lowest BCUT2D eigenvalue weighted by Crippen LogP contribution is -2.44. The Hall–Kier alpha value is -0.610. The minimum absolute atomic E-state index is 0.184. The number of hydrogen-bond donors (Lipinski definition) is 1. The number of likely N-dealkylation sites (tertiary alicyclic amines) is 1. The highest BCUT2D eigenvalue weighted by Gasteiger charge is 2.25. The van der Waals surface area contributed by atoms with Gasteiger partial charge in [0.15, 0.2) is 0 Å². The zero-order valence-electron chi connectivity index (χ0n) is 10.8. The maximum absolute atomic E-state index is 12.2. The van der Waals surface area contributed by atoms with Gasteiger partial charge in [-0.2, -0.15) is 0 Å². The second-order valence-electron chi connectivity index (χ2n) is 5.11. The largest absolute Gasteiger partial charge is 0.365 e. The number of piperidine rings is 2. The highest BCUT2D eigenvalue weighted by molar-refractivity contribution is 5.80. The summed E-state index contributed by atoms with van der Waals surface area (Å²) in [7, 11) is 0. The molecular formula is C13H24N2O2. The van der Waals surface area contributed by atoms with E-state index in [-0.39, 0.29) is 18.1 Å². The van der Waals surface area contributed by atoms with Crippen molar-refractivity contribution in [3.8, 4) is 0 Å². The van der Waals surface area contributed by atoms with Crippen molar-refractivity contribution >= 4 is 5.91 Å². The summed E-state index contributed by atoms with van der Waals surface area (Å²) in [5.74, 6) is 0.184. The Morgan fingerprint density at radius 3 is 2.53 bits per heavy atom. The van der Waals surface area contributed by atoms with Crippen molar-refractivity contribution < 1.29 is 9.53 Å². The van der Waals surface area contributed by atoms with Gasteiger partial charge in [0.1, 0.15) is 6.10 Å². The normalized spacial score (nSPS) is 24.6. The Bertz CT molecular complexity index is 246. The fourth-order valence-electron chi connectivity index (χ4n) is 2.65. The topological polar surface area (TPSA) is 41.6 Å². The van der Waals surface area contributed by atoms with Crippen LogP contribution < -0.4 is 5.32 Å². The second kappa shape index (κ2) is 6.36. The van der Waals surface area contributed by atoms with Gasteiger partial charge in [0.2, 0.25) is 0 Å². The van der Waals surface area contributed by atoms with Gasteiger partial charge in [-0.05, 0) is 52.1 Å². The van der Waals surface area contributed by atoms with Crippen molar-refractivity contribution in [3.05, 3.63) is 0 Å². The van der Waals surface area contributed by atoms with E-state index < -0.39 is 0 Å². The van der Waals surface area contributed by atoms with Crippen LogP contribution in [0.25, 0.3) is 0 Å². The van der Waals surface area contributed by atoms with Gasteiger partial charge in [-0.25, -0.2) is 0 Å². The number of amides is 1. The van der Waals surface area contributed by atoms with E-state index in [1.54, 1.807) is 0 Å². The number of carbonyl (C=O) groups excluding carboxylic acids is 1. The summed E-state index contributed by atoms with van der Waals surface area (Å²) in [6.45, 7) is 5.75. The zero-order valence-corrected chi connectivity index (χ0v) is 10.8. The van der Waals surface area contributed by atoms with Gasteiger partial charge in [-0.1, -0.05) is 0 Å². The van der Waals surface area contributed by atoms with Gasteiger partial charge in [-0.15, -0.1) is 0 Å². The first-order valence-corrected chi connectivity index (χ1v) is 6.92. The van der Waals surface area contributed by atoms with E-state index >= 15 is 0 Å². The average Bonchev–Trinajstić information content (AvgIpc) is 2.40. The minimum atomic E-state index is -0.267. The molecule has 0 radical (unpaired) electrons. The molecule has 2 saturated heterocycles. The molecule has 4 nitrogen and oxygen atoms in total. The van der Waals surface area contributed by atoms with Crippen LogP contribution in [0.4, 0.5) is 0 Å². The molecule has 2 fully saturated rings. The Morgan fingerprint density at radius 2 is 1.88 bits per heavy atom. The van der Waals surface area contributed by atoms with Gasteiger partial charge in [0, 0.05) is 13.1 Å². The molecule has 1 unspecified atom stereocenters. The van der Waals surface area contributed by atoms with Crippen molar-refractivity contribution in [1.29, 1.82) is 0 Å². The van der Waals surface area contributed by atoms with E-state index in [4.69, 9.17) is 4.74 Å². The molecule has 4 heteroatoms. The molecule has 0 saturated carbocycles. The summed E-state index contributed by atoms with van der Waals surface area (Å²) < 4.78 is 5.88. The van der Waals surface area contributed by atoms with E-state index in [0.717, 1.165) is 51.9 Å². The lowest BCUT2D eigenvalue weighted by atomic mass is 10.1. The first kappa shape index (κ1) is 12.8. The summed E-state index contributed by atoms with van der Waals surface area (Å²) in [5.41, 5.74) is 0. The molecule has 1 atom stereocenters. The number of nitrogens with zero attached hydrogens (tertiary/aromatic N) is 1. The van der Waals surface area contributed by atoms with Crippen LogP contribution in [0.3, 0.4) is 0 Å². The fraction of sp³-hybridized carbons (Fsp3) is 0.923. The maximum Gasteiger partial charge on any atom is 0.251 e. The molecule has 2 aliphatic heterocycles. The van der Waals surface area contributed by atoms with Crippen molar-refractivity contribution in [2.75, 3.05) is 26.2 Å². The van der Waals surface area contributed by atoms with Gasteiger partial charge in [0.25, 0.3) is 5.91 Å². The van der Waals surface area contributed by atoms with Crippen molar-refractivity contribution in [1.82, 2.24) is 10.2 Å². The Morgan fingerprint density at radius 1 is 1.24 bits per heavy atom. The number of hydrogen-bond acceptors (Lipinski definition) is 3. The predicted octanol–water partition coefficient (Wildman–Crippen LogP) is 1.16. The van der Waals surface area contributed by atoms with Gasteiger partial charge in [0.05, 0.1) is 6.10 Å². The third-order valence-corrected chi connectivity index (χ3v) is 3.70. The minimum Gasteiger partial charge on any atom is -0.365 e. The third kappa shape index (κ3) is 3.68. The van der Waals surface area contributed by atoms with Crippen LogP contribution in [0.1, 0.15) is 39.0 Å². The van der Waals surface area contributed by atoms with Crippen LogP contribution in [0, 0.1) is 0 Å². The molecule has 2 heterocycles. The van der Waals surface area contributed by atoms with Gasteiger partial charge in [-0.3, -0.25) is 4.79 Å². The van der Waals surface area contributed by atoms with Crippen molar-refractivity contribution in [2.45, 2.75) is 51.2 Å². The first-order valence-electron chi connectivity index (χ1n) is 6.92. The molecule has 98 valence electrons. The smallest absolute Gasteiger partial charge is 0.251 e. The van der Waals surface area contributed by atoms with Crippen LogP contribution >= 0.6 is 0 Å². The summed E-state index contributed by atoms with van der Waals surface area (Å²) >= 11 is 0.